The zero-order valence-corrected chi connectivity index (χ0v) is 7.57. The fraction of sp³-hybridized carbons (Fsp3) is 0.111. The molecular formula is C9H6N4O2. The van der Waals surface area contributed by atoms with Crippen LogP contribution in [0, 0.1) is 0 Å². The van der Waals surface area contributed by atoms with E-state index in [-0.39, 0.29) is 5.56 Å². The molecule has 0 saturated carbocycles. The Hall–Kier alpha value is -2.24. The summed E-state index contributed by atoms with van der Waals surface area (Å²) in [6.07, 6.45) is 3.52. The van der Waals surface area contributed by atoms with E-state index in [1.807, 2.05) is 0 Å². The minimum absolute atomic E-state index is 0.387. The van der Waals surface area contributed by atoms with Crippen LogP contribution >= 0.6 is 0 Å². The monoisotopic (exact) mass is 202 g/mol. The van der Waals surface area contributed by atoms with E-state index in [4.69, 9.17) is 0 Å². The number of allylic oxidation sites excluding steroid dienone is 1. The summed E-state index contributed by atoms with van der Waals surface area (Å²) >= 11 is 0. The van der Waals surface area contributed by atoms with Gasteiger partial charge in [-0.15, -0.1) is 0 Å². The third-order valence-electron chi connectivity index (χ3n) is 2.39. The first kappa shape index (κ1) is 8.10. The molecule has 1 aromatic rings. The van der Waals surface area contributed by atoms with Crippen molar-refractivity contribution in [1.29, 1.82) is 0 Å². The van der Waals surface area contributed by atoms with Gasteiger partial charge in [0.25, 0.3) is 5.56 Å². The summed E-state index contributed by atoms with van der Waals surface area (Å²) in [5.41, 5.74) is 1.65. The lowest BCUT2D eigenvalue weighted by Gasteiger charge is -2.11. The van der Waals surface area contributed by atoms with E-state index in [0.29, 0.717) is 23.4 Å². The summed E-state index contributed by atoms with van der Waals surface area (Å²) in [6, 6.07) is 0. The minimum Gasteiger partial charge on any atom is -0.310 e. The second-order valence-corrected chi connectivity index (χ2v) is 3.33. The van der Waals surface area contributed by atoms with Gasteiger partial charge < -0.3 is 4.98 Å². The van der Waals surface area contributed by atoms with Crippen LogP contribution in [0.2, 0.25) is 0 Å². The number of H-pyrrole nitrogens is 2. The van der Waals surface area contributed by atoms with Crippen LogP contribution in [0.5, 0.6) is 0 Å². The Labute approximate surface area is 83.1 Å². The normalized spacial score (nSPS) is 16.8. The molecule has 1 aromatic heterocycles. The van der Waals surface area contributed by atoms with Crippen molar-refractivity contribution in [2.45, 2.75) is 6.42 Å². The molecule has 0 saturated heterocycles. The number of aromatic amines is 2. The smallest absolute Gasteiger partial charge is 0.310 e. The van der Waals surface area contributed by atoms with E-state index < -0.39 is 5.69 Å². The Bertz CT molecular complexity index is 645. The lowest BCUT2D eigenvalue weighted by molar-refractivity contribution is 0.961. The highest BCUT2D eigenvalue weighted by Crippen LogP contribution is 2.20. The average Bonchev–Trinajstić information content (AvgIpc) is 2.61. The summed E-state index contributed by atoms with van der Waals surface area (Å²) in [7, 11) is 0. The van der Waals surface area contributed by atoms with Gasteiger partial charge in [0.05, 0.1) is 17.0 Å². The molecule has 1 aliphatic carbocycles. The van der Waals surface area contributed by atoms with Crippen LogP contribution in [0.15, 0.2) is 25.3 Å². The van der Waals surface area contributed by atoms with Gasteiger partial charge in [-0.2, -0.15) is 0 Å². The van der Waals surface area contributed by atoms with E-state index in [9.17, 15) is 9.59 Å². The van der Waals surface area contributed by atoms with E-state index in [1.165, 1.54) is 6.34 Å². The maximum absolute atomic E-state index is 11.5. The topological polar surface area (TPSA) is 90.4 Å². The van der Waals surface area contributed by atoms with E-state index in [1.54, 1.807) is 6.08 Å². The molecule has 1 aliphatic heterocycles. The number of rotatable bonds is 0. The molecule has 0 bridgehead atoms. The molecule has 2 N–H and O–H groups in total. The van der Waals surface area contributed by atoms with Gasteiger partial charge in [0.1, 0.15) is 6.34 Å². The summed E-state index contributed by atoms with van der Waals surface area (Å²) in [5, 5.41) is 0. The van der Waals surface area contributed by atoms with Gasteiger partial charge in [-0.1, -0.05) is 0 Å². The molecule has 0 radical (unpaired) electrons. The molecule has 0 fully saturated rings. The maximum Gasteiger partial charge on any atom is 0.325 e. The van der Waals surface area contributed by atoms with Crippen molar-refractivity contribution in [2.24, 2.45) is 9.98 Å². The van der Waals surface area contributed by atoms with Gasteiger partial charge >= 0.3 is 5.69 Å². The molecule has 0 aromatic carbocycles. The molecular weight excluding hydrogens is 196 g/mol. The first-order chi connectivity index (χ1) is 7.24. The summed E-state index contributed by atoms with van der Waals surface area (Å²) in [6.45, 7) is 0. The number of hydrogen-bond acceptors (Lipinski definition) is 4. The third kappa shape index (κ3) is 1.11. The Kier molecular flexibility index (Phi) is 1.42. The second kappa shape index (κ2) is 2.63. The highest BCUT2D eigenvalue weighted by atomic mass is 16.2. The Morgan fingerprint density at radius 2 is 2.13 bits per heavy atom. The van der Waals surface area contributed by atoms with Crippen molar-refractivity contribution < 1.29 is 0 Å². The summed E-state index contributed by atoms with van der Waals surface area (Å²) in [4.78, 5) is 35.3. The molecule has 0 spiro atoms. The van der Waals surface area contributed by atoms with E-state index >= 15 is 0 Å². The summed E-state index contributed by atoms with van der Waals surface area (Å²) in [5.74, 6) is 0. The minimum atomic E-state index is -0.491. The molecule has 6 nitrogen and oxygen atoms in total. The van der Waals surface area contributed by atoms with Gasteiger partial charge in [-0.05, 0) is 6.08 Å². The average molecular weight is 202 g/mol. The van der Waals surface area contributed by atoms with E-state index in [0.717, 1.165) is 5.71 Å². The van der Waals surface area contributed by atoms with Gasteiger partial charge in [0, 0.05) is 12.1 Å². The largest absolute Gasteiger partial charge is 0.325 e. The van der Waals surface area contributed by atoms with Gasteiger partial charge in [0.2, 0.25) is 0 Å². The Balaban J connectivity index is 2.33. The summed E-state index contributed by atoms with van der Waals surface area (Å²) < 4.78 is 0. The number of fused-ring (bicyclic) bond motifs is 2. The predicted octanol–water partition coefficient (Wildman–Crippen LogP) is -0.557. The number of nitrogens with one attached hydrogen (secondary N) is 2. The van der Waals surface area contributed by atoms with Crippen molar-refractivity contribution >= 4 is 18.1 Å². The SMILES string of the molecule is O=c1[nH]c2c(c(=O)[nH]1)C=C1N=CN=C1C2. The molecule has 6 heteroatoms. The molecule has 3 rings (SSSR count). The highest BCUT2D eigenvalue weighted by molar-refractivity contribution is 6.13. The van der Waals surface area contributed by atoms with Crippen LogP contribution in [-0.2, 0) is 6.42 Å². The van der Waals surface area contributed by atoms with Gasteiger partial charge in [-0.25, -0.2) is 14.8 Å². The molecule has 15 heavy (non-hydrogen) atoms. The number of nitrogens with zero attached hydrogens (tertiary/aromatic N) is 2. The fourth-order valence-corrected chi connectivity index (χ4v) is 1.70. The molecule has 0 atom stereocenters. The second-order valence-electron chi connectivity index (χ2n) is 3.33. The first-order valence-electron chi connectivity index (χ1n) is 4.41. The third-order valence-corrected chi connectivity index (χ3v) is 2.39. The molecule has 0 unspecified atom stereocenters. The lowest BCUT2D eigenvalue weighted by atomic mass is 10.0. The lowest BCUT2D eigenvalue weighted by Crippen LogP contribution is -2.29. The van der Waals surface area contributed by atoms with Crippen molar-refractivity contribution in [1.82, 2.24) is 9.97 Å². The zero-order chi connectivity index (χ0) is 10.4. The van der Waals surface area contributed by atoms with Crippen molar-refractivity contribution in [3.05, 3.63) is 37.8 Å². The standard InChI is InChI=1S/C9H6N4O2/c14-8-4-1-6-7(11-3-10-6)2-5(4)12-9(15)13-8/h1,3H,2H2,(H2,12,13,14,15). The number of hydrogen-bond donors (Lipinski definition) is 2. The van der Waals surface area contributed by atoms with Crippen LogP contribution in [0.4, 0.5) is 0 Å². The number of aromatic nitrogens is 2. The molecule has 0 amide bonds. The van der Waals surface area contributed by atoms with Crippen LogP contribution in [-0.4, -0.2) is 22.0 Å². The van der Waals surface area contributed by atoms with E-state index in [2.05, 4.69) is 20.0 Å². The molecule has 74 valence electrons. The molecule has 2 heterocycles. The van der Waals surface area contributed by atoms with Crippen LogP contribution < -0.4 is 11.2 Å². The fourth-order valence-electron chi connectivity index (χ4n) is 1.70. The first-order valence-corrected chi connectivity index (χ1v) is 4.41. The Morgan fingerprint density at radius 3 is 3.00 bits per heavy atom. The van der Waals surface area contributed by atoms with Gasteiger partial charge in [0.15, 0.2) is 0 Å². The highest BCUT2D eigenvalue weighted by Gasteiger charge is 2.21. The van der Waals surface area contributed by atoms with Crippen molar-refractivity contribution in [3.63, 3.8) is 0 Å². The zero-order valence-electron chi connectivity index (χ0n) is 7.57. The van der Waals surface area contributed by atoms with Crippen molar-refractivity contribution in [2.75, 3.05) is 0 Å². The van der Waals surface area contributed by atoms with Crippen LogP contribution in [0.25, 0.3) is 6.08 Å². The Morgan fingerprint density at radius 1 is 1.27 bits per heavy atom. The van der Waals surface area contributed by atoms with Crippen LogP contribution in [0.1, 0.15) is 11.3 Å². The maximum atomic E-state index is 11.5. The van der Waals surface area contributed by atoms with Crippen LogP contribution in [0.3, 0.4) is 0 Å². The predicted molar refractivity (Wildman–Crippen MR) is 55.3 cm³/mol. The van der Waals surface area contributed by atoms with Gasteiger partial charge in [-0.3, -0.25) is 9.78 Å². The number of aliphatic imine (C=N–C) groups is 2. The quantitative estimate of drug-likeness (QED) is 0.590. The molecule has 2 aliphatic rings. The van der Waals surface area contributed by atoms with Crippen molar-refractivity contribution in [3.8, 4) is 0 Å².